The summed E-state index contributed by atoms with van der Waals surface area (Å²) in [5.41, 5.74) is 2.20. The van der Waals surface area contributed by atoms with Crippen LogP contribution < -0.4 is 18.9 Å². The maximum absolute atomic E-state index is 12.8. The third-order valence-corrected chi connectivity index (χ3v) is 5.66. The van der Waals surface area contributed by atoms with Crippen molar-refractivity contribution in [3.63, 3.8) is 0 Å². The van der Waals surface area contributed by atoms with E-state index in [2.05, 4.69) is 0 Å². The van der Waals surface area contributed by atoms with Crippen molar-refractivity contribution in [1.29, 1.82) is 0 Å². The minimum Gasteiger partial charge on any atom is -0.493 e. The molecule has 0 radical (unpaired) electrons. The summed E-state index contributed by atoms with van der Waals surface area (Å²) in [6.45, 7) is 4.78. The average Bonchev–Trinajstić information content (AvgIpc) is 2.74. The number of nitrogens with zero attached hydrogens (tertiary/aromatic N) is 1. The Kier molecular flexibility index (Phi) is 5.52. The molecule has 1 amide bonds. The minimum atomic E-state index is -0.552. The smallest absolute Gasteiger partial charge is 0.260 e. The SMILES string of the molecule is COc1cc2c(cc1OC)CN(C(=O)COc1ccc3c(c1)OC(C)(C)CC3=O)CC2. The Labute approximate surface area is 181 Å². The largest absolute Gasteiger partial charge is 0.493 e. The first-order chi connectivity index (χ1) is 14.8. The monoisotopic (exact) mass is 425 g/mol. The van der Waals surface area contributed by atoms with E-state index in [9.17, 15) is 9.59 Å². The highest BCUT2D eigenvalue weighted by Gasteiger charge is 2.32. The summed E-state index contributed by atoms with van der Waals surface area (Å²) in [5.74, 6) is 2.29. The van der Waals surface area contributed by atoms with Gasteiger partial charge in [-0.1, -0.05) is 0 Å². The number of ether oxygens (including phenoxy) is 4. The molecule has 7 heteroatoms. The van der Waals surface area contributed by atoms with Gasteiger partial charge < -0.3 is 23.8 Å². The summed E-state index contributed by atoms with van der Waals surface area (Å²) in [5, 5.41) is 0. The highest BCUT2D eigenvalue weighted by Crippen LogP contribution is 2.36. The molecule has 0 aliphatic carbocycles. The molecule has 31 heavy (non-hydrogen) atoms. The summed E-state index contributed by atoms with van der Waals surface area (Å²) < 4.78 is 22.4. The van der Waals surface area contributed by atoms with Gasteiger partial charge in [-0.2, -0.15) is 0 Å². The highest BCUT2D eigenvalue weighted by molar-refractivity contribution is 6.00. The van der Waals surface area contributed by atoms with Gasteiger partial charge in [0.2, 0.25) is 0 Å². The van der Waals surface area contributed by atoms with Crippen molar-refractivity contribution in [1.82, 2.24) is 4.90 Å². The van der Waals surface area contributed by atoms with Gasteiger partial charge in [0.25, 0.3) is 5.91 Å². The molecule has 4 rings (SSSR count). The van der Waals surface area contributed by atoms with Gasteiger partial charge in [-0.25, -0.2) is 0 Å². The first kappa shape index (κ1) is 21.0. The van der Waals surface area contributed by atoms with E-state index in [0.717, 1.165) is 17.5 Å². The Balaban J connectivity index is 1.42. The van der Waals surface area contributed by atoms with E-state index in [0.29, 0.717) is 48.1 Å². The first-order valence-corrected chi connectivity index (χ1v) is 10.3. The number of hydrogen-bond acceptors (Lipinski definition) is 6. The summed E-state index contributed by atoms with van der Waals surface area (Å²) in [6.07, 6.45) is 1.08. The zero-order valence-corrected chi connectivity index (χ0v) is 18.3. The van der Waals surface area contributed by atoms with Crippen molar-refractivity contribution in [2.45, 2.75) is 38.8 Å². The Morgan fingerprint density at radius 1 is 1.10 bits per heavy atom. The van der Waals surface area contributed by atoms with Gasteiger partial charge in [0.1, 0.15) is 17.1 Å². The number of carbonyl (C=O) groups excluding carboxylic acids is 2. The zero-order valence-electron chi connectivity index (χ0n) is 18.3. The van der Waals surface area contributed by atoms with Crippen LogP contribution in [0.5, 0.6) is 23.0 Å². The van der Waals surface area contributed by atoms with Crippen LogP contribution in [-0.2, 0) is 17.8 Å². The predicted molar refractivity (Wildman–Crippen MR) is 114 cm³/mol. The van der Waals surface area contributed by atoms with E-state index in [1.54, 1.807) is 37.3 Å². The topological polar surface area (TPSA) is 74.3 Å². The van der Waals surface area contributed by atoms with Gasteiger partial charge in [-0.05, 0) is 55.7 Å². The van der Waals surface area contributed by atoms with Crippen LogP contribution in [0.2, 0.25) is 0 Å². The molecular formula is C24H27NO6. The predicted octanol–water partition coefficient (Wildman–Crippen LogP) is 3.41. The van der Waals surface area contributed by atoms with Crippen LogP contribution in [0.25, 0.3) is 0 Å². The fraction of sp³-hybridized carbons (Fsp3) is 0.417. The summed E-state index contributed by atoms with van der Waals surface area (Å²) in [6, 6.07) is 8.98. The van der Waals surface area contributed by atoms with Crippen LogP contribution in [0.1, 0.15) is 41.8 Å². The second-order valence-electron chi connectivity index (χ2n) is 8.45. The Morgan fingerprint density at radius 3 is 2.52 bits per heavy atom. The quantitative estimate of drug-likeness (QED) is 0.731. The van der Waals surface area contributed by atoms with Gasteiger partial charge in [-0.15, -0.1) is 0 Å². The number of fused-ring (bicyclic) bond motifs is 2. The van der Waals surface area contributed by atoms with Crippen LogP contribution in [0.15, 0.2) is 30.3 Å². The molecule has 0 N–H and O–H groups in total. The minimum absolute atomic E-state index is 0.0490. The van der Waals surface area contributed by atoms with Crippen LogP contribution in [0.3, 0.4) is 0 Å². The van der Waals surface area contributed by atoms with Crippen molar-refractivity contribution >= 4 is 11.7 Å². The third-order valence-electron chi connectivity index (χ3n) is 5.66. The number of benzene rings is 2. The molecule has 0 bridgehead atoms. The van der Waals surface area contributed by atoms with Crippen molar-refractivity contribution in [2.24, 2.45) is 0 Å². The number of ketones is 1. The molecule has 0 fully saturated rings. The Morgan fingerprint density at radius 2 is 1.81 bits per heavy atom. The fourth-order valence-corrected chi connectivity index (χ4v) is 4.06. The highest BCUT2D eigenvalue weighted by atomic mass is 16.5. The zero-order chi connectivity index (χ0) is 22.2. The molecule has 2 aliphatic rings. The number of hydrogen-bond donors (Lipinski definition) is 0. The molecular weight excluding hydrogens is 398 g/mol. The van der Waals surface area contributed by atoms with Crippen LogP contribution >= 0.6 is 0 Å². The Bertz CT molecular complexity index is 1030. The molecule has 2 aromatic carbocycles. The molecule has 0 aromatic heterocycles. The van der Waals surface area contributed by atoms with Crippen molar-refractivity contribution < 1.29 is 28.5 Å². The average molecular weight is 425 g/mol. The molecule has 0 spiro atoms. The number of amides is 1. The Hall–Kier alpha value is -3.22. The maximum Gasteiger partial charge on any atom is 0.260 e. The van der Waals surface area contributed by atoms with Crippen molar-refractivity contribution in [3.8, 4) is 23.0 Å². The molecule has 7 nitrogen and oxygen atoms in total. The maximum atomic E-state index is 12.8. The van der Waals surface area contributed by atoms with Crippen LogP contribution in [0.4, 0.5) is 0 Å². The number of rotatable bonds is 5. The van der Waals surface area contributed by atoms with Gasteiger partial charge in [0.15, 0.2) is 23.9 Å². The standard InChI is InChI=1S/C24H27NO6/c1-24(2)12-19(26)18-6-5-17(11-20(18)31-24)30-14-23(27)25-8-7-15-9-21(28-3)22(29-4)10-16(15)13-25/h5-6,9-11H,7-8,12-14H2,1-4H3. The molecule has 2 aliphatic heterocycles. The van der Waals surface area contributed by atoms with E-state index in [-0.39, 0.29) is 18.3 Å². The lowest BCUT2D eigenvalue weighted by atomic mass is 9.93. The molecule has 0 saturated heterocycles. The molecule has 0 atom stereocenters. The van der Waals surface area contributed by atoms with Crippen LogP contribution in [0, 0.1) is 0 Å². The lowest BCUT2D eigenvalue weighted by molar-refractivity contribution is -0.134. The molecule has 0 unspecified atom stereocenters. The van der Waals surface area contributed by atoms with E-state index in [1.807, 2.05) is 26.0 Å². The van der Waals surface area contributed by atoms with E-state index >= 15 is 0 Å². The van der Waals surface area contributed by atoms with E-state index in [1.165, 1.54) is 0 Å². The summed E-state index contributed by atoms with van der Waals surface area (Å²) in [4.78, 5) is 26.8. The molecule has 0 saturated carbocycles. The normalized spacial score (nSPS) is 16.6. The van der Waals surface area contributed by atoms with Gasteiger partial charge in [-0.3, -0.25) is 9.59 Å². The summed E-state index contributed by atoms with van der Waals surface area (Å²) >= 11 is 0. The summed E-state index contributed by atoms with van der Waals surface area (Å²) in [7, 11) is 3.21. The number of Topliss-reactive ketones (excluding diaryl/α,β-unsaturated/α-hetero) is 1. The van der Waals surface area contributed by atoms with Gasteiger partial charge in [0, 0.05) is 19.2 Å². The second kappa shape index (κ2) is 8.13. The second-order valence-corrected chi connectivity index (χ2v) is 8.45. The van der Waals surface area contributed by atoms with Crippen LogP contribution in [-0.4, -0.2) is 49.6 Å². The van der Waals surface area contributed by atoms with E-state index < -0.39 is 5.60 Å². The van der Waals surface area contributed by atoms with Crippen molar-refractivity contribution in [2.75, 3.05) is 27.4 Å². The number of methoxy groups -OCH3 is 2. The van der Waals surface area contributed by atoms with E-state index in [4.69, 9.17) is 18.9 Å². The van der Waals surface area contributed by atoms with Gasteiger partial charge >= 0.3 is 0 Å². The molecule has 2 aromatic rings. The lowest BCUT2D eigenvalue weighted by Gasteiger charge is -2.32. The molecule has 164 valence electrons. The first-order valence-electron chi connectivity index (χ1n) is 10.3. The lowest BCUT2D eigenvalue weighted by Crippen LogP contribution is -2.39. The van der Waals surface area contributed by atoms with Crippen molar-refractivity contribution in [3.05, 3.63) is 47.0 Å². The third kappa shape index (κ3) is 4.31. The fourth-order valence-electron chi connectivity index (χ4n) is 4.06. The van der Waals surface area contributed by atoms with Gasteiger partial charge in [0.05, 0.1) is 26.2 Å². The molecule has 2 heterocycles. The number of carbonyl (C=O) groups is 2.